The maximum atomic E-state index is 11.2. The molecule has 0 spiro atoms. The fraction of sp³-hybridized carbons (Fsp3) is 0.125. The Labute approximate surface area is 122 Å². The molecule has 0 radical (unpaired) electrons. The van der Waals surface area contributed by atoms with E-state index in [4.69, 9.17) is 0 Å². The summed E-state index contributed by atoms with van der Waals surface area (Å²) in [5.74, 6) is 0. The molecule has 3 aromatic rings. The highest BCUT2D eigenvalue weighted by atomic mass is 16.8. The van der Waals surface area contributed by atoms with Crippen LogP contribution in [0.4, 0.5) is 5.69 Å². The molecule has 0 amide bonds. The molecule has 1 heterocycles. The summed E-state index contributed by atoms with van der Waals surface area (Å²) in [7, 11) is 4.03. The predicted octanol–water partition coefficient (Wildman–Crippen LogP) is 2.70. The van der Waals surface area contributed by atoms with Gasteiger partial charge in [0.05, 0.1) is 0 Å². The molecule has 0 aliphatic carbocycles. The van der Waals surface area contributed by atoms with Gasteiger partial charge in [0.15, 0.2) is 0 Å². The van der Waals surface area contributed by atoms with Gasteiger partial charge in [-0.25, -0.2) is 0 Å². The third-order valence-corrected chi connectivity index (χ3v) is 3.29. The normalized spacial score (nSPS) is 11.3. The van der Waals surface area contributed by atoms with Gasteiger partial charge in [-0.15, -0.1) is 0 Å². The van der Waals surface area contributed by atoms with Crippen LogP contribution < -0.4 is 9.80 Å². The first-order chi connectivity index (χ1) is 10.1. The van der Waals surface area contributed by atoms with E-state index in [0.717, 1.165) is 16.8 Å². The number of fused-ring (bicyclic) bond motifs is 1. The van der Waals surface area contributed by atoms with Crippen molar-refractivity contribution in [2.75, 3.05) is 19.0 Å². The van der Waals surface area contributed by atoms with Crippen molar-refractivity contribution in [1.82, 2.24) is 5.16 Å². The molecule has 0 saturated carbocycles. The zero-order valence-corrected chi connectivity index (χ0v) is 11.9. The van der Waals surface area contributed by atoms with E-state index >= 15 is 0 Å². The molecule has 0 saturated heterocycles. The fourth-order valence-corrected chi connectivity index (χ4v) is 2.07. The Hall–Kier alpha value is -2.82. The molecule has 3 rings (SSSR count). The van der Waals surface area contributed by atoms with E-state index in [1.54, 1.807) is 6.07 Å². The number of rotatable bonds is 3. The highest BCUT2D eigenvalue weighted by Gasteiger charge is 2.08. The van der Waals surface area contributed by atoms with Crippen LogP contribution in [0.5, 0.6) is 0 Å². The van der Waals surface area contributed by atoms with Crippen LogP contribution in [-0.2, 0) is 0 Å². The van der Waals surface area contributed by atoms with E-state index in [1.165, 1.54) is 0 Å². The second-order valence-corrected chi connectivity index (χ2v) is 5.00. The number of aromatic nitrogens is 2. The zero-order valence-electron chi connectivity index (χ0n) is 11.9. The molecule has 0 bridgehead atoms. The van der Waals surface area contributed by atoms with Crippen molar-refractivity contribution in [2.24, 2.45) is 0 Å². The van der Waals surface area contributed by atoms with Crippen LogP contribution in [0, 0.1) is 5.21 Å². The van der Waals surface area contributed by atoms with E-state index < -0.39 is 0 Å². The Bertz CT molecular complexity index is 789. The van der Waals surface area contributed by atoms with Crippen molar-refractivity contribution >= 4 is 28.9 Å². The van der Waals surface area contributed by atoms with E-state index in [-0.39, 0.29) is 0 Å². The summed E-state index contributed by atoms with van der Waals surface area (Å²) in [6.07, 6.45) is 4.00. The van der Waals surface area contributed by atoms with Crippen molar-refractivity contribution in [1.29, 1.82) is 0 Å². The van der Waals surface area contributed by atoms with Gasteiger partial charge in [-0.1, -0.05) is 30.4 Å². The van der Waals surface area contributed by atoms with Gasteiger partial charge in [0.1, 0.15) is 0 Å². The summed E-state index contributed by atoms with van der Waals surface area (Å²) in [6, 6.07) is 13.6. The second-order valence-electron chi connectivity index (χ2n) is 5.00. The van der Waals surface area contributed by atoms with E-state index in [2.05, 4.69) is 39.0 Å². The molecule has 5 nitrogen and oxygen atoms in total. The van der Waals surface area contributed by atoms with Crippen LogP contribution in [0.1, 0.15) is 11.1 Å². The Kier molecular flexibility index (Phi) is 3.31. The number of benzene rings is 2. The van der Waals surface area contributed by atoms with Crippen LogP contribution in [-0.4, -0.2) is 19.3 Å². The Morgan fingerprint density at radius 3 is 2.43 bits per heavy atom. The Morgan fingerprint density at radius 2 is 1.71 bits per heavy atom. The van der Waals surface area contributed by atoms with Crippen LogP contribution in [0.25, 0.3) is 23.2 Å². The van der Waals surface area contributed by atoms with Crippen molar-refractivity contribution in [3.05, 3.63) is 58.8 Å². The molecule has 0 N–H and O–H groups in total. The fourth-order valence-electron chi connectivity index (χ4n) is 2.07. The van der Waals surface area contributed by atoms with Gasteiger partial charge in [0, 0.05) is 31.0 Å². The molecule has 0 atom stereocenters. The van der Waals surface area contributed by atoms with Crippen LogP contribution in [0.15, 0.2) is 47.1 Å². The summed E-state index contributed by atoms with van der Waals surface area (Å²) in [5.41, 5.74) is 4.22. The van der Waals surface area contributed by atoms with Crippen molar-refractivity contribution in [3.63, 3.8) is 0 Å². The zero-order chi connectivity index (χ0) is 14.8. The molecule has 5 heteroatoms. The van der Waals surface area contributed by atoms with E-state index in [1.807, 2.05) is 38.4 Å². The van der Waals surface area contributed by atoms with Crippen LogP contribution in [0.3, 0.4) is 0 Å². The molecule has 0 unspecified atom stereocenters. The summed E-state index contributed by atoms with van der Waals surface area (Å²) >= 11 is 0. The topological polar surface area (TPSA) is 56.2 Å². The highest BCUT2D eigenvalue weighted by molar-refractivity contribution is 5.78. The van der Waals surface area contributed by atoms with Gasteiger partial charge in [0.2, 0.25) is 11.0 Å². The molecule has 0 aliphatic rings. The Morgan fingerprint density at radius 1 is 1.05 bits per heavy atom. The smallest absolute Gasteiger partial charge is 0.249 e. The van der Waals surface area contributed by atoms with Gasteiger partial charge in [-0.3, -0.25) is 4.63 Å². The lowest BCUT2D eigenvalue weighted by molar-refractivity contribution is -0.782. The van der Waals surface area contributed by atoms with Gasteiger partial charge in [-0.2, -0.15) is 0 Å². The quantitative estimate of drug-likeness (QED) is 0.547. The first-order valence-corrected chi connectivity index (χ1v) is 6.58. The molecule has 0 fully saturated rings. The molecular weight excluding hydrogens is 266 g/mol. The van der Waals surface area contributed by atoms with Crippen molar-refractivity contribution in [2.45, 2.75) is 0 Å². The third-order valence-electron chi connectivity index (χ3n) is 3.29. The first kappa shape index (κ1) is 13.2. The number of anilines is 1. The minimum absolute atomic E-state index is 0.406. The second kappa shape index (κ2) is 5.28. The summed E-state index contributed by atoms with van der Waals surface area (Å²) in [6.45, 7) is 0. The van der Waals surface area contributed by atoms with Crippen LogP contribution in [0.2, 0.25) is 0 Å². The first-order valence-electron chi connectivity index (χ1n) is 6.58. The maximum Gasteiger partial charge on any atom is 0.249 e. The van der Waals surface area contributed by atoms with Crippen molar-refractivity contribution in [3.8, 4) is 0 Å². The monoisotopic (exact) mass is 281 g/mol. The van der Waals surface area contributed by atoms with Gasteiger partial charge < -0.3 is 10.1 Å². The number of hydrogen-bond acceptors (Lipinski definition) is 4. The number of hydrogen-bond donors (Lipinski definition) is 0. The minimum atomic E-state index is 0.406. The molecule has 106 valence electrons. The van der Waals surface area contributed by atoms with Gasteiger partial charge >= 0.3 is 0 Å². The Balaban J connectivity index is 1.83. The maximum absolute atomic E-state index is 11.2. The average molecular weight is 281 g/mol. The SMILES string of the molecule is CN(C)c1ccc(/C=C/c2ccc3c(c2)no[n+]3[O-])cc1. The molecule has 1 aromatic heterocycles. The molecule has 21 heavy (non-hydrogen) atoms. The lowest BCUT2D eigenvalue weighted by Crippen LogP contribution is -2.22. The summed E-state index contributed by atoms with van der Waals surface area (Å²) in [4.78, 5) is 2.47. The van der Waals surface area contributed by atoms with E-state index in [0.29, 0.717) is 15.9 Å². The van der Waals surface area contributed by atoms with Crippen LogP contribution >= 0.6 is 0 Å². The largest absolute Gasteiger partial charge is 0.378 e. The predicted molar refractivity (Wildman–Crippen MR) is 82.7 cm³/mol. The number of nitrogens with zero attached hydrogens (tertiary/aromatic N) is 3. The van der Waals surface area contributed by atoms with E-state index in [9.17, 15) is 5.21 Å². The van der Waals surface area contributed by atoms with Gasteiger partial charge in [0.25, 0.3) is 0 Å². The molecule has 2 aromatic carbocycles. The van der Waals surface area contributed by atoms with Crippen molar-refractivity contribution < 1.29 is 9.53 Å². The molecular formula is C16H15N3O2. The summed E-state index contributed by atoms with van der Waals surface area (Å²) < 4.78 is 4.55. The lowest BCUT2D eigenvalue weighted by atomic mass is 10.1. The highest BCUT2D eigenvalue weighted by Crippen LogP contribution is 2.16. The average Bonchev–Trinajstić information content (AvgIpc) is 2.86. The lowest BCUT2D eigenvalue weighted by Gasteiger charge is -2.11. The molecule has 0 aliphatic heterocycles. The van der Waals surface area contributed by atoms with Gasteiger partial charge in [-0.05, 0) is 34.2 Å². The standard InChI is InChI=1S/C16H15N3O2/c1-18(2)14-8-5-12(6-9-14)3-4-13-7-10-16-15(11-13)17-21-19(16)20/h3-11H,1-2H3/b4-3+. The summed E-state index contributed by atoms with van der Waals surface area (Å²) in [5, 5.41) is 14.9. The minimum Gasteiger partial charge on any atom is -0.378 e. The third kappa shape index (κ3) is 2.72.